The molecule has 13 heteroatoms. The number of anilines is 1. The quantitative estimate of drug-likeness (QED) is 0.0539. The highest BCUT2D eigenvalue weighted by Gasteiger charge is 2.39. The molecule has 0 fully saturated rings. The van der Waals surface area contributed by atoms with Gasteiger partial charge in [-0.3, -0.25) is 24.5 Å². The number of nitrogens with one attached hydrogen (secondary N) is 5. The van der Waals surface area contributed by atoms with E-state index in [1.807, 2.05) is 137 Å². The number of benzene rings is 5. The Morgan fingerprint density at radius 2 is 1.38 bits per heavy atom. The van der Waals surface area contributed by atoms with Crippen molar-refractivity contribution in [3.05, 3.63) is 138 Å². The van der Waals surface area contributed by atoms with Crippen LogP contribution in [0.4, 0.5) is 5.69 Å². The van der Waals surface area contributed by atoms with Gasteiger partial charge in [-0.2, -0.15) is 0 Å². The largest absolute Gasteiger partial charge is 0.507 e. The molecule has 13 nitrogen and oxygen atoms in total. The number of fused-ring (bicyclic) bond motifs is 1. The zero-order valence-corrected chi connectivity index (χ0v) is 38.1. The van der Waals surface area contributed by atoms with Crippen LogP contribution in [0, 0.1) is 11.3 Å². The molecule has 0 aliphatic heterocycles. The summed E-state index contributed by atoms with van der Waals surface area (Å²) in [5.74, 6) is -2.00. The van der Waals surface area contributed by atoms with E-state index in [9.17, 15) is 29.4 Å². The highest BCUT2D eigenvalue weighted by molar-refractivity contribution is 5.93. The number of aliphatic hydroxyl groups excluding tert-OH is 1. The number of hydrogen-bond acceptors (Lipinski definition) is 9. The van der Waals surface area contributed by atoms with Gasteiger partial charge in [-0.1, -0.05) is 120 Å². The third kappa shape index (κ3) is 13.3. The molecule has 64 heavy (non-hydrogen) atoms. The number of methoxy groups -OCH3 is 1. The lowest BCUT2D eigenvalue weighted by atomic mass is 9.85. The molecule has 0 aliphatic carbocycles. The Balaban J connectivity index is 1.42. The van der Waals surface area contributed by atoms with Gasteiger partial charge >= 0.3 is 0 Å². The fourth-order valence-electron chi connectivity index (χ4n) is 7.53. The van der Waals surface area contributed by atoms with E-state index in [-0.39, 0.29) is 43.5 Å². The van der Waals surface area contributed by atoms with E-state index in [2.05, 4.69) is 26.6 Å². The van der Waals surface area contributed by atoms with Crippen LogP contribution in [0.25, 0.3) is 10.8 Å². The smallest absolute Gasteiger partial charge is 0.243 e. The molecule has 0 saturated heterocycles. The molecule has 0 aliphatic rings. The van der Waals surface area contributed by atoms with Gasteiger partial charge in [0.25, 0.3) is 0 Å². The van der Waals surface area contributed by atoms with E-state index in [0.29, 0.717) is 11.3 Å². The van der Waals surface area contributed by atoms with E-state index in [1.54, 1.807) is 26.0 Å². The van der Waals surface area contributed by atoms with Crippen LogP contribution in [0.2, 0.25) is 0 Å². The van der Waals surface area contributed by atoms with Gasteiger partial charge in [-0.05, 0) is 69.5 Å². The Morgan fingerprint density at radius 1 is 0.703 bits per heavy atom. The van der Waals surface area contributed by atoms with Gasteiger partial charge in [-0.25, -0.2) is 0 Å². The molecule has 0 unspecified atom stereocenters. The van der Waals surface area contributed by atoms with Crippen LogP contribution in [-0.2, 0) is 45.1 Å². The molecule has 340 valence electrons. The minimum atomic E-state index is -1.54. The zero-order chi connectivity index (χ0) is 46.6. The normalized spacial score (nSPS) is 13.8. The number of hydrogen-bond donors (Lipinski definition) is 7. The maximum absolute atomic E-state index is 14.6. The van der Waals surface area contributed by atoms with Crippen molar-refractivity contribution in [3.8, 4) is 11.5 Å². The summed E-state index contributed by atoms with van der Waals surface area (Å²) in [6.07, 6.45) is -1.36. The molecular weight excluding hydrogens is 809 g/mol. The van der Waals surface area contributed by atoms with Gasteiger partial charge in [0.2, 0.25) is 23.6 Å². The molecule has 0 bridgehead atoms. The average molecular weight is 873 g/mol. The second-order valence-corrected chi connectivity index (χ2v) is 17.8. The first-order valence-corrected chi connectivity index (χ1v) is 21.7. The summed E-state index contributed by atoms with van der Waals surface area (Å²) in [5, 5.41) is 39.9. The van der Waals surface area contributed by atoms with E-state index < -0.39 is 53.4 Å². The molecule has 0 heterocycles. The topological polar surface area (TPSA) is 181 Å². The number of carbonyl (C=O) groups excluding carboxylic acids is 4. The van der Waals surface area contributed by atoms with Crippen LogP contribution in [0.15, 0.2) is 115 Å². The van der Waals surface area contributed by atoms with Crippen molar-refractivity contribution in [1.82, 2.24) is 26.6 Å². The second kappa shape index (κ2) is 22.3. The summed E-state index contributed by atoms with van der Waals surface area (Å²) >= 11 is 0. The van der Waals surface area contributed by atoms with Crippen molar-refractivity contribution in [2.75, 3.05) is 26.1 Å². The monoisotopic (exact) mass is 872 g/mol. The van der Waals surface area contributed by atoms with Crippen molar-refractivity contribution in [2.45, 2.75) is 90.8 Å². The van der Waals surface area contributed by atoms with Crippen molar-refractivity contribution in [2.24, 2.45) is 11.3 Å². The van der Waals surface area contributed by atoms with Crippen LogP contribution >= 0.6 is 0 Å². The lowest BCUT2D eigenvalue weighted by Crippen LogP contribution is -2.64. The fraction of sp³-hybridized carbons (Fsp3) is 0.373. The van der Waals surface area contributed by atoms with E-state index in [1.165, 1.54) is 13.2 Å². The predicted octanol–water partition coefficient (Wildman–Crippen LogP) is 5.40. The summed E-state index contributed by atoms with van der Waals surface area (Å²) in [5.41, 5.74) is 3.13. The molecule has 5 rings (SSSR count). The van der Waals surface area contributed by atoms with Crippen LogP contribution < -0.4 is 36.2 Å². The van der Waals surface area contributed by atoms with E-state index in [4.69, 9.17) is 4.74 Å². The SMILES string of the molecule is COc1ccc(CNC(=O)[C@@H](NC(=O)[C@H](NCc2ccc(N(C)C)cc2)[C@H](O)[C@H](Cc2ccccc2)NC(=O)[C@@H](NC(=O)Cc2cccc3ccccc23)C(C)(C)C)C(C)C)c(O)c1. The molecule has 5 atom stereocenters. The highest BCUT2D eigenvalue weighted by atomic mass is 16.5. The van der Waals surface area contributed by atoms with E-state index >= 15 is 0 Å². The van der Waals surface area contributed by atoms with Crippen LogP contribution in [0.1, 0.15) is 56.9 Å². The summed E-state index contributed by atoms with van der Waals surface area (Å²) < 4.78 is 5.17. The Labute approximate surface area is 377 Å². The van der Waals surface area contributed by atoms with Gasteiger partial charge in [0.15, 0.2) is 0 Å². The summed E-state index contributed by atoms with van der Waals surface area (Å²) in [7, 11) is 5.36. The summed E-state index contributed by atoms with van der Waals surface area (Å²) in [6, 6.07) is 30.9. The zero-order valence-electron chi connectivity index (χ0n) is 38.1. The number of carbonyl (C=O) groups is 4. The molecule has 0 saturated carbocycles. The van der Waals surface area contributed by atoms with Gasteiger partial charge < -0.3 is 41.1 Å². The standard InChI is InChI=1S/C51H64N6O7/c1-32(2)44(48(61)53-31-37-23-26-39(64-8)29-42(37)58)56-49(62)45(52-30-34-21-24-38(25-22-34)57(6)7)46(60)41(27-33-15-10-9-11-16-33)54-50(63)47(51(3,4)5)55-43(59)28-36-19-14-18-35-17-12-13-20-40(35)36/h9-26,29,32,41,44-47,52,58,60H,27-28,30-31H2,1-8H3,(H,53,61)(H,54,63)(H,55,59)(H,56,62)/t41-,44-,45+,46+,47+/m0/s1. The van der Waals surface area contributed by atoms with Gasteiger partial charge in [-0.15, -0.1) is 0 Å². The first-order valence-electron chi connectivity index (χ1n) is 21.7. The lowest BCUT2D eigenvalue weighted by molar-refractivity contribution is -0.135. The lowest BCUT2D eigenvalue weighted by Gasteiger charge is -2.35. The van der Waals surface area contributed by atoms with Crippen molar-refractivity contribution in [1.29, 1.82) is 0 Å². The number of phenolic OH excluding ortho intramolecular Hbond substituents is 1. The molecule has 5 aromatic carbocycles. The van der Waals surface area contributed by atoms with Gasteiger partial charge in [0, 0.05) is 44.5 Å². The third-order valence-corrected chi connectivity index (χ3v) is 11.3. The Morgan fingerprint density at radius 3 is 2.02 bits per heavy atom. The fourth-order valence-corrected chi connectivity index (χ4v) is 7.53. The number of amides is 4. The maximum atomic E-state index is 14.6. The summed E-state index contributed by atoms with van der Waals surface area (Å²) in [4.78, 5) is 58.5. The van der Waals surface area contributed by atoms with Gasteiger partial charge in [0.05, 0.1) is 25.7 Å². The highest BCUT2D eigenvalue weighted by Crippen LogP contribution is 2.25. The number of nitrogens with zero attached hydrogens (tertiary/aromatic N) is 1. The van der Waals surface area contributed by atoms with E-state index in [0.717, 1.165) is 33.2 Å². The number of phenols is 1. The first kappa shape index (κ1) is 48.6. The third-order valence-electron chi connectivity index (χ3n) is 11.3. The number of aromatic hydroxyl groups is 1. The maximum Gasteiger partial charge on any atom is 0.243 e. The minimum absolute atomic E-state index is 0.0143. The Hall–Kier alpha value is -6.44. The molecule has 0 spiro atoms. The minimum Gasteiger partial charge on any atom is -0.507 e. The molecule has 0 aromatic heterocycles. The van der Waals surface area contributed by atoms with Gasteiger partial charge in [0.1, 0.15) is 29.6 Å². The molecule has 4 amide bonds. The number of aliphatic hydroxyl groups is 1. The predicted molar refractivity (Wildman–Crippen MR) is 252 cm³/mol. The van der Waals surface area contributed by atoms with Crippen molar-refractivity contribution < 1.29 is 34.1 Å². The molecular formula is C51H64N6O7. The first-order chi connectivity index (χ1) is 30.4. The van der Waals surface area contributed by atoms with Crippen LogP contribution in [0.5, 0.6) is 11.5 Å². The van der Waals surface area contributed by atoms with Crippen LogP contribution in [-0.4, -0.2) is 85.3 Å². The van der Waals surface area contributed by atoms with Crippen LogP contribution in [0.3, 0.4) is 0 Å². The summed E-state index contributed by atoms with van der Waals surface area (Å²) in [6.45, 7) is 9.29. The molecule has 5 aromatic rings. The van der Waals surface area contributed by atoms with Crippen molar-refractivity contribution >= 4 is 40.1 Å². The second-order valence-electron chi connectivity index (χ2n) is 17.8. The molecule has 7 N–H and O–H groups in total. The average Bonchev–Trinajstić information content (AvgIpc) is 3.26. The van der Waals surface area contributed by atoms with Crippen molar-refractivity contribution in [3.63, 3.8) is 0 Å². The Bertz CT molecular complexity index is 2340. The number of ether oxygens (including phenoxy) is 1. The molecule has 0 radical (unpaired) electrons. The number of rotatable bonds is 20. The Kier molecular flexibility index (Phi) is 16.9.